The van der Waals surface area contributed by atoms with Gasteiger partial charge in [-0.15, -0.1) is 11.8 Å². The number of nitrogens with zero attached hydrogens (tertiary/aromatic N) is 2. The zero-order valence-electron chi connectivity index (χ0n) is 13.2. The molecule has 2 atom stereocenters. The van der Waals surface area contributed by atoms with Crippen LogP contribution < -0.4 is 5.32 Å². The second-order valence-corrected chi connectivity index (χ2v) is 6.90. The van der Waals surface area contributed by atoms with Crippen LogP contribution in [0.4, 0.5) is 5.69 Å². The van der Waals surface area contributed by atoms with E-state index in [1.807, 2.05) is 6.07 Å². The summed E-state index contributed by atoms with van der Waals surface area (Å²) in [6.07, 6.45) is 2.25. The zero-order chi connectivity index (χ0) is 16.9. The van der Waals surface area contributed by atoms with Crippen molar-refractivity contribution >= 4 is 29.3 Å². The van der Waals surface area contributed by atoms with Gasteiger partial charge in [-0.2, -0.15) is 5.26 Å². The standard InChI is InChI=1S/C17H19N3O3S/c18-9-12-3-5-13(6-4-12)19-17(22)15-10-24-11-20(15)16(21)8-14-2-1-7-23-14/h3-6,14-15H,1-2,7-8,10-11H2,(H,19,22). The lowest BCUT2D eigenvalue weighted by atomic mass is 10.1. The summed E-state index contributed by atoms with van der Waals surface area (Å²) in [5.74, 6) is 0.924. The Morgan fingerprint density at radius 1 is 1.38 bits per heavy atom. The number of hydrogen-bond acceptors (Lipinski definition) is 5. The molecule has 6 nitrogen and oxygen atoms in total. The molecule has 3 rings (SSSR count). The van der Waals surface area contributed by atoms with Crippen LogP contribution in [0.25, 0.3) is 0 Å². The first-order valence-electron chi connectivity index (χ1n) is 7.97. The molecule has 0 spiro atoms. The number of carbonyl (C=O) groups is 2. The number of nitriles is 1. The monoisotopic (exact) mass is 345 g/mol. The first-order valence-corrected chi connectivity index (χ1v) is 9.12. The SMILES string of the molecule is N#Cc1ccc(NC(=O)C2CSCN2C(=O)CC2CCCO2)cc1. The average molecular weight is 345 g/mol. The molecule has 1 aromatic carbocycles. The Labute approximate surface area is 145 Å². The van der Waals surface area contributed by atoms with Crippen molar-refractivity contribution in [3.05, 3.63) is 29.8 Å². The molecule has 0 aromatic heterocycles. The van der Waals surface area contributed by atoms with Crippen molar-refractivity contribution in [1.29, 1.82) is 5.26 Å². The molecule has 1 N–H and O–H groups in total. The first-order chi connectivity index (χ1) is 11.7. The van der Waals surface area contributed by atoms with Crippen molar-refractivity contribution in [2.75, 3.05) is 23.6 Å². The van der Waals surface area contributed by atoms with Crippen molar-refractivity contribution in [2.45, 2.75) is 31.4 Å². The van der Waals surface area contributed by atoms with Gasteiger partial charge in [0.15, 0.2) is 0 Å². The summed E-state index contributed by atoms with van der Waals surface area (Å²) >= 11 is 1.58. The van der Waals surface area contributed by atoms with E-state index in [1.54, 1.807) is 40.9 Å². The summed E-state index contributed by atoms with van der Waals surface area (Å²) in [4.78, 5) is 26.6. The van der Waals surface area contributed by atoms with Crippen molar-refractivity contribution in [2.24, 2.45) is 0 Å². The van der Waals surface area contributed by atoms with E-state index in [0.29, 0.717) is 29.3 Å². The van der Waals surface area contributed by atoms with Crippen molar-refractivity contribution in [3.8, 4) is 6.07 Å². The number of thioether (sulfide) groups is 1. The van der Waals surface area contributed by atoms with E-state index in [0.717, 1.165) is 19.4 Å². The Balaban J connectivity index is 1.60. The molecule has 2 saturated heterocycles. The maximum atomic E-state index is 12.5. The van der Waals surface area contributed by atoms with Gasteiger partial charge in [-0.25, -0.2) is 0 Å². The topological polar surface area (TPSA) is 82.4 Å². The van der Waals surface area contributed by atoms with E-state index in [4.69, 9.17) is 10.00 Å². The van der Waals surface area contributed by atoms with Crippen LogP contribution in [0.15, 0.2) is 24.3 Å². The first kappa shape index (κ1) is 16.8. The third-order valence-electron chi connectivity index (χ3n) is 4.21. The fraction of sp³-hybridized carbons (Fsp3) is 0.471. The fourth-order valence-corrected chi connectivity index (χ4v) is 4.06. The van der Waals surface area contributed by atoms with E-state index in [1.165, 1.54) is 0 Å². The highest BCUT2D eigenvalue weighted by atomic mass is 32.2. The van der Waals surface area contributed by atoms with Crippen LogP contribution in [0.3, 0.4) is 0 Å². The minimum absolute atomic E-state index is 0.00895. The van der Waals surface area contributed by atoms with Crippen LogP contribution in [0.5, 0.6) is 0 Å². The Morgan fingerprint density at radius 2 is 2.17 bits per heavy atom. The average Bonchev–Trinajstić information content (AvgIpc) is 3.27. The van der Waals surface area contributed by atoms with Crippen molar-refractivity contribution in [1.82, 2.24) is 4.90 Å². The summed E-state index contributed by atoms with van der Waals surface area (Å²) < 4.78 is 5.52. The van der Waals surface area contributed by atoms with E-state index >= 15 is 0 Å². The highest BCUT2D eigenvalue weighted by Crippen LogP contribution is 2.25. The quantitative estimate of drug-likeness (QED) is 0.902. The second kappa shape index (κ2) is 7.69. The van der Waals surface area contributed by atoms with E-state index in [9.17, 15) is 9.59 Å². The number of carbonyl (C=O) groups excluding carboxylic acids is 2. The van der Waals surface area contributed by atoms with Gasteiger partial charge in [0.1, 0.15) is 6.04 Å². The van der Waals surface area contributed by atoms with Gasteiger partial charge < -0.3 is 15.0 Å². The molecule has 2 heterocycles. The summed E-state index contributed by atoms with van der Waals surface area (Å²) in [5.41, 5.74) is 1.17. The molecular formula is C17H19N3O3S. The van der Waals surface area contributed by atoms with Crippen molar-refractivity contribution < 1.29 is 14.3 Å². The molecular weight excluding hydrogens is 326 g/mol. The fourth-order valence-electron chi connectivity index (χ4n) is 2.88. The van der Waals surface area contributed by atoms with Crippen LogP contribution >= 0.6 is 11.8 Å². The molecule has 2 aliphatic heterocycles. The number of amides is 2. The lowest BCUT2D eigenvalue weighted by molar-refractivity contribution is -0.138. The molecule has 126 valence electrons. The summed E-state index contributed by atoms with van der Waals surface area (Å²) in [7, 11) is 0. The molecule has 0 bridgehead atoms. The Hall–Kier alpha value is -2.04. The van der Waals surface area contributed by atoms with Crippen LogP contribution in [0.2, 0.25) is 0 Å². The molecule has 24 heavy (non-hydrogen) atoms. The van der Waals surface area contributed by atoms with Gasteiger partial charge in [-0.1, -0.05) is 0 Å². The number of hydrogen-bond donors (Lipinski definition) is 1. The Kier molecular flexibility index (Phi) is 5.38. The van der Waals surface area contributed by atoms with Crippen LogP contribution in [0, 0.1) is 11.3 Å². The Morgan fingerprint density at radius 3 is 2.83 bits per heavy atom. The number of nitrogens with one attached hydrogen (secondary N) is 1. The highest BCUT2D eigenvalue weighted by molar-refractivity contribution is 7.99. The number of rotatable bonds is 4. The predicted octanol–water partition coefficient (Wildman–Crippen LogP) is 1.97. The van der Waals surface area contributed by atoms with Gasteiger partial charge in [0.2, 0.25) is 11.8 Å². The Bertz CT molecular complexity index is 650. The number of anilines is 1. The molecule has 0 aliphatic carbocycles. The van der Waals surface area contributed by atoms with Gasteiger partial charge in [-0.3, -0.25) is 9.59 Å². The summed E-state index contributed by atoms with van der Waals surface area (Å²) in [5, 5.41) is 11.6. The predicted molar refractivity (Wildman–Crippen MR) is 91.3 cm³/mol. The molecule has 2 aliphatic rings. The zero-order valence-corrected chi connectivity index (χ0v) is 14.1. The molecule has 1 aromatic rings. The number of benzene rings is 1. The largest absolute Gasteiger partial charge is 0.378 e. The molecule has 7 heteroatoms. The molecule has 2 unspecified atom stereocenters. The van der Waals surface area contributed by atoms with Gasteiger partial charge in [0.05, 0.1) is 30.0 Å². The second-order valence-electron chi connectivity index (χ2n) is 5.90. The summed E-state index contributed by atoms with van der Waals surface area (Å²) in [6.45, 7) is 0.718. The minimum Gasteiger partial charge on any atom is -0.378 e. The maximum Gasteiger partial charge on any atom is 0.248 e. The van der Waals surface area contributed by atoms with Gasteiger partial charge in [0.25, 0.3) is 0 Å². The third-order valence-corrected chi connectivity index (χ3v) is 5.23. The van der Waals surface area contributed by atoms with Crippen LogP contribution in [-0.2, 0) is 14.3 Å². The smallest absolute Gasteiger partial charge is 0.248 e. The van der Waals surface area contributed by atoms with Crippen LogP contribution in [0.1, 0.15) is 24.8 Å². The molecule has 0 saturated carbocycles. The third kappa shape index (κ3) is 3.89. The number of ether oxygens (including phenoxy) is 1. The van der Waals surface area contributed by atoms with Gasteiger partial charge >= 0.3 is 0 Å². The van der Waals surface area contributed by atoms with Gasteiger partial charge in [0, 0.05) is 18.0 Å². The highest BCUT2D eigenvalue weighted by Gasteiger charge is 2.35. The lowest BCUT2D eigenvalue weighted by Crippen LogP contribution is -2.45. The normalized spacial score (nSPS) is 23.0. The maximum absolute atomic E-state index is 12.5. The van der Waals surface area contributed by atoms with E-state index < -0.39 is 6.04 Å². The van der Waals surface area contributed by atoms with Crippen molar-refractivity contribution in [3.63, 3.8) is 0 Å². The van der Waals surface area contributed by atoms with E-state index in [2.05, 4.69) is 5.32 Å². The molecule has 0 radical (unpaired) electrons. The summed E-state index contributed by atoms with van der Waals surface area (Å²) in [6, 6.07) is 8.27. The molecule has 2 amide bonds. The lowest BCUT2D eigenvalue weighted by Gasteiger charge is -2.24. The van der Waals surface area contributed by atoms with Gasteiger partial charge in [-0.05, 0) is 37.1 Å². The van der Waals surface area contributed by atoms with Crippen LogP contribution in [-0.4, -0.2) is 47.1 Å². The minimum atomic E-state index is -0.459. The van der Waals surface area contributed by atoms with E-state index in [-0.39, 0.29) is 17.9 Å². The molecule has 2 fully saturated rings.